The smallest absolute Gasteiger partial charge is 0.228 e. The van der Waals surface area contributed by atoms with Crippen molar-refractivity contribution in [3.63, 3.8) is 0 Å². The number of benzene rings is 1. The van der Waals surface area contributed by atoms with E-state index in [2.05, 4.69) is 25.9 Å². The molecule has 3 rings (SSSR count). The molecular formula is C16H16BrN3O2. The van der Waals surface area contributed by atoms with Gasteiger partial charge in [-0.2, -0.15) is 0 Å². The Morgan fingerprint density at radius 2 is 1.95 bits per heavy atom. The van der Waals surface area contributed by atoms with Crippen LogP contribution in [0.2, 0.25) is 0 Å². The van der Waals surface area contributed by atoms with Gasteiger partial charge in [0.1, 0.15) is 11.6 Å². The Morgan fingerprint density at radius 1 is 1.23 bits per heavy atom. The molecule has 114 valence electrons. The maximum atomic E-state index is 12.3. The maximum absolute atomic E-state index is 12.3. The summed E-state index contributed by atoms with van der Waals surface area (Å²) < 4.78 is 1.00. The van der Waals surface area contributed by atoms with Gasteiger partial charge in [-0.1, -0.05) is 28.1 Å². The third-order valence-electron chi connectivity index (χ3n) is 3.73. The Morgan fingerprint density at radius 3 is 2.64 bits per heavy atom. The third kappa shape index (κ3) is 2.89. The van der Waals surface area contributed by atoms with Gasteiger partial charge in [-0.3, -0.25) is 9.69 Å². The van der Waals surface area contributed by atoms with Gasteiger partial charge in [-0.25, -0.2) is 9.97 Å². The van der Waals surface area contributed by atoms with Gasteiger partial charge in [0.05, 0.1) is 18.8 Å². The number of fused-ring (bicyclic) bond motifs is 1. The summed E-state index contributed by atoms with van der Waals surface area (Å²) in [6.45, 7) is 2.11. The largest absolute Gasteiger partial charge is 0.390 e. The number of aliphatic hydroxyl groups excluding tert-OH is 1. The lowest BCUT2D eigenvalue weighted by atomic mass is 10.0. The number of anilines is 1. The van der Waals surface area contributed by atoms with Crippen molar-refractivity contribution in [2.45, 2.75) is 32.9 Å². The van der Waals surface area contributed by atoms with Gasteiger partial charge < -0.3 is 5.11 Å². The number of rotatable bonds is 3. The Balaban J connectivity index is 2.00. The zero-order chi connectivity index (χ0) is 15.7. The minimum atomic E-state index is -0.133. The number of carbonyl (C=O) groups is 1. The van der Waals surface area contributed by atoms with Crippen LogP contribution in [0.1, 0.15) is 29.1 Å². The van der Waals surface area contributed by atoms with Crippen LogP contribution in [0.5, 0.6) is 0 Å². The summed E-state index contributed by atoms with van der Waals surface area (Å²) in [6.07, 6.45) is 1.00. The van der Waals surface area contributed by atoms with Crippen LogP contribution in [0, 0.1) is 6.92 Å². The number of hydrogen-bond acceptors (Lipinski definition) is 4. The normalized spacial score (nSPS) is 14.1. The van der Waals surface area contributed by atoms with Crippen LogP contribution in [0.15, 0.2) is 28.7 Å². The highest BCUT2D eigenvalue weighted by molar-refractivity contribution is 9.10. The molecule has 6 heteroatoms. The van der Waals surface area contributed by atoms with E-state index in [1.807, 2.05) is 24.3 Å². The highest BCUT2D eigenvalue weighted by atomic mass is 79.9. The van der Waals surface area contributed by atoms with Crippen LogP contribution >= 0.6 is 15.9 Å². The second-order valence-corrected chi connectivity index (χ2v) is 6.20. The Hall–Kier alpha value is -1.79. The minimum Gasteiger partial charge on any atom is -0.390 e. The first-order valence-electron chi connectivity index (χ1n) is 7.10. The molecule has 5 nitrogen and oxygen atoms in total. The molecule has 1 aromatic heterocycles. The molecule has 0 saturated heterocycles. The zero-order valence-corrected chi connectivity index (χ0v) is 13.8. The SMILES string of the molecule is Cc1nc(CO)c2c(n1)N(Cc1ccc(Br)cc1)C(=O)CC2. The van der Waals surface area contributed by atoms with Crippen molar-refractivity contribution in [2.24, 2.45) is 0 Å². The van der Waals surface area contributed by atoms with E-state index in [1.54, 1.807) is 11.8 Å². The molecule has 0 bridgehead atoms. The fourth-order valence-corrected chi connectivity index (χ4v) is 2.93. The van der Waals surface area contributed by atoms with Gasteiger partial charge >= 0.3 is 0 Å². The van der Waals surface area contributed by atoms with Gasteiger partial charge in [0.15, 0.2) is 0 Å². The van der Waals surface area contributed by atoms with Crippen LogP contribution in [-0.4, -0.2) is 21.0 Å². The molecule has 0 saturated carbocycles. The average molecular weight is 362 g/mol. The molecule has 2 heterocycles. The highest BCUT2D eigenvalue weighted by Crippen LogP contribution is 2.29. The molecule has 22 heavy (non-hydrogen) atoms. The van der Waals surface area contributed by atoms with Crippen molar-refractivity contribution in [1.29, 1.82) is 0 Å². The Kier molecular flexibility index (Phi) is 4.22. The van der Waals surface area contributed by atoms with Crippen molar-refractivity contribution in [3.05, 3.63) is 51.4 Å². The second-order valence-electron chi connectivity index (χ2n) is 5.28. The molecule has 1 aromatic carbocycles. The van der Waals surface area contributed by atoms with Crippen LogP contribution in [0.4, 0.5) is 5.82 Å². The molecule has 0 fully saturated rings. The minimum absolute atomic E-state index is 0.0532. The van der Waals surface area contributed by atoms with E-state index in [0.29, 0.717) is 36.7 Å². The number of halogens is 1. The fraction of sp³-hybridized carbons (Fsp3) is 0.312. The predicted molar refractivity (Wildman–Crippen MR) is 86.3 cm³/mol. The number of carbonyl (C=O) groups excluding carboxylic acids is 1. The van der Waals surface area contributed by atoms with E-state index < -0.39 is 0 Å². The summed E-state index contributed by atoms with van der Waals surface area (Å²) in [5.74, 6) is 1.26. The summed E-state index contributed by atoms with van der Waals surface area (Å²) in [4.78, 5) is 22.7. The van der Waals surface area contributed by atoms with Crippen molar-refractivity contribution < 1.29 is 9.90 Å². The molecule has 0 radical (unpaired) electrons. The number of aliphatic hydroxyl groups is 1. The molecule has 1 aliphatic heterocycles. The first-order valence-corrected chi connectivity index (χ1v) is 7.90. The molecule has 0 atom stereocenters. The first kappa shape index (κ1) is 15.1. The zero-order valence-electron chi connectivity index (χ0n) is 12.2. The van der Waals surface area contributed by atoms with Crippen LogP contribution < -0.4 is 4.90 Å². The number of hydrogen-bond donors (Lipinski definition) is 1. The van der Waals surface area contributed by atoms with Crippen LogP contribution in [0.3, 0.4) is 0 Å². The number of aryl methyl sites for hydroxylation is 1. The van der Waals surface area contributed by atoms with E-state index in [-0.39, 0.29) is 12.5 Å². The molecule has 0 aliphatic carbocycles. The average Bonchev–Trinajstić information content (AvgIpc) is 2.51. The molecular weight excluding hydrogens is 346 g/mol. The van der Waals surface area contributed by atoms with Crippen LogP contribution in [-0.2, 0) is 24.4 Å². The number of nitrogens with zero attached hydrogens (tertiary/aromatic N) is 3. The Labute approximate surface area is 137 Å². The van der Waals surface area contributed by atoms with Crippen molar-refractivity contribution in [1.82, 2.24) is 9.97 Å². The van der Waals surface area contributed by atoms with E-state index in [0.717, 1.165) is 15.6 Å². The first-order chi connectivity index (χ1) is 10.6. The molecule has 1 N–H and O–H groups in total. The summed E-state index contributed by atoms with van der Waals surface area (Å²) >= 11 is 3.41. The lowest BCUT2D eigenvalue weighted by Crippen LogP contribution is -2.36. The van der Waals surface area contributed by atoms with Gasteiger partial charge in [0.2, 0.25) is 5.91 Å². The summed E-state index contributed by atoms with van der Waals surface area (Å²) in [6, 6.07) is 7.86. The molecule has 0 unspecified atom stereocenters. The maximum Gasteiger partial charge on any atom is 0.228 e. The lowest BCUT2D eigenvalue weighted by Gasteiger charge is -2.29. The highest BCUT2D eigenvalue weighted by Gasteiger charge is 2.28. The van der Waals surface area contributed by atoms with Crippen LogP contribution in [0.25, 0.3) is 0 Å². The van der Waals surface area contributed by atoms with Gasteiger partial charge in [0.25, 0.3) is 0 Å². The van der Waals surface area contributed by atoms with Gasteiger partial charge in [-0.15, -0.1) is 0 Å². The van der Waals surface area contributed by atoms with Crippen molar-refractivity contribution in [2.75, 3.05) is 4.90 Å². The molecule has 2 aromatic rings. The molecule has 0 spiro atoms. The lowest BCUT2D eigenvalue weighted by molar-refractivity contribution is -0.119. The van der Waals surface area contributed by atoms with Gasteiger partial charge in [0, 0.05) is 16.5 Å². The van der Waals surface area contributed by atoms with E-state index in [4.69, 9.17) is 0 Å². The molecule has 1 aliphatic rings. The van der Waals surface area contributed by atoms with E-state index >= 15 is 0 Å². The third-order valence-corrected chi connectivity index (χ3v) is 4.26. The predicted octanol–water partition coefficient (Wildman–Crippen LogP) is 2.52. The molecule has 1 amide bonds. The standard InChI is InChI=1S/C16H16BrN3O2/c1-10-18-14(9-21)13-6-7-15(22)20(16(13)19-10)8-11-2-4-12(17)5-3-11/h2-5,21H,6-9H2,1H3. The van der Waals surface area contributed by atoms with Crippen molar-refractivity contribution in [3.8, 4) is 0 Å². The number of amides is 1. The van der Waals surface area contributed by atoms with E-state index in [1.165, 1.54) is 0 Å². The monoisotopic (exact) mass is 361 g/mol. The fourth-order valence-electron chi connectivity index (χ4n) is 2.67. The van der Waals surface area contributed by atoms with E-state index in [9.17, 15) is 9.90 Å². The number of aromatic nitrogens is 2. The second kappa shape index (κ2) is 6.14. The van der Waals surface area contributed by atoms with Gasteiger partial charge in [-0.05, 0) is 31.0 Å². The summed E-state index contributed by atoms with van der Waals surface area (Å²) in [5.41, 5.74) is 2.53. The quantitative estimate of drug-likeness (QED) is 0.911. The summed E-state index contributed by atoms with van der Waals surface area (Å²) in [5, 5.41) is 9.49. The topological polar surface area (TPSA) is 66.3 Å². The summed E-state index contributed by atoms with van der Waals surface area (Å²) in [7, 11) is 0. The Bertz CT molecular complexity index is 716. The van der Waals surface area contributed by atoms with Crippen molar-refractivity contribution >= 4 is 27.7 Å².